The van der Waals surface area contributed by atoms with E-state index >= 15 is 0 Å². The molecule has 4 aromatic heterocycles. The number of pyridine rings is 2. The van der Waals surface area contributed by atoms with Gasteiger partial charge in [-0.25, -0.2) is 28.0 Å². The number of carbonyl (C=O) groups is 2. The van der Waals surface area contributed by atoms with E-state index in [2.05, 4.69) is 60.1 Å². The molecule has 0 radical (unpaired) electrons. The van der Waals surface area contributed by atoms with Crippen molar-refractivity contribution >= 4 is 98.9 Å². The molecule has 0 spiro atoms. The van der Waals surface area contributed by atoms with Gasteiger partial charge in [-0.15, -0.1) is 0 Å². The third-order valence-corrected chi connectivity index (χ3v) is 8.41. The molecule has 1 aromatic carbocycles. The largest absolute Gasteiger partial charge is 0.462 e. The summed E-state index contributed by atoms with van der Waals surface area (Å²) in [6.07, 6.45) is 6.91. The first-order valence-electron chi connectivity index (χ1n) is 12.0. The number of rotatable bonds is 5. The van der Waals surface area contributed by atoms with Crippen LogP contribution in [0.4, 0.5) is 0 Å². The van der Waals surface area contributed by atoms with Crippen LogP contribution in [0.3, 0.4) is 0 Å². The summed E-state index contributed by atoms with van der Waals surface area (Å²) in [7, 11) is 3.43. The minimum atomic E-state index is -3.53. The van der Waals surface area contributed by atoms with Crippen molar-refractivity contribution in [2.75, 3.05) is 13.2 Å². The molecule has 5 rings (SSSR count). The maximum Gasteiger partial charge on any atom is 0.339 e. The fourth-order valence-electron chi connectivity index (χ4n) is 3.42. The number of hydrogen-bond acceptors (Lipinski definition) is 8. The van der Waals surface area contributed by atoms with Gasteiger partial charge in [0, 0.05) is 60.4 Å². The van der Waals surface area contributed by atoms with Gasteiger partial charge in [0.15, 0.2) is 0 Å². The summed E-state index contributed by atoms with van der Waals surface area (Å²) in [4.78, 5) is 34.5. The van der Waals surface area contributed by atoms with Crippen molar-refractivity contribution in [2.45, 2.75) is 33.6 Å². The smallest absolute Gasteiger partial charge is 0.339 e. The Balaban J connectivity index is 0.000000323. The molecule has 0 aliphatic carbocycles. The molecule has 0 unspecified atom stereocenters. The van der Waals surface area contributed by atoms with Crippen LogP contribution >= 0.6 is 55.9 Å². The van der Waals surface area contributed by atoms with Crippen molar-refractivity contribution in [3.05, 3.63) is 85.5 Å². The maximum atomic E-state index is 11.5. The molecule has 0 aliphatic heterocycles. The standard InChI is InChI=1S/C11H11IN2O2.C10H9IN2O2.C6H5ClO2S.2CH4/c1-3-16-11(15)7-4-8-9(12)6-14(2)10(8)13-5-7;1-2-15-10(14)6-3-7-8(11)5-13-9(7)12-4-6;7-10(8,9)6-4-2-1-3-5-6;;/h4-6H,3H2,1-2H3;3-5H,2H2,1H3,(H,12,13);1-5H;2*1H4. The Kier molecular flexibility index (Phi) is 15.6. The number of aryl methyl sites for hydroxylation is 1. The summed E-state index contributed by atoms with van der Waals surface area (Å²) >= 11 is 4.42. The van der Waals surface area contributed by atoms with Crippen molar-refractivity contribution in [2.24, 2.45) is 7.05 Å². The number of H-pyrrole nitrogens is 1. The average molecular weight is 855 g/mol. The van der Waals surface area contributed by atoms with E-state index in [0.29, 0.717) is 24.3 Å². The number of hydrogen-bond donors (Lipinski definition) is 1. The van der Waals surface area contributed by atoms with E-state index < -0.39 is 9.05 Å². The SMILES string of the molecule is C.C.CCOC(=O)c1cnc2[nH]cc(I)c2c1.CCOC(=O)c1cnc2c(c1)c(I)cn2C.O=S(=O)(Cl)c1ccccc1. The number of aromatic nitrogens is 4. The molecular formula is C29H33ClI2N4O6S. The Morgan fingerprint density at radius 1 is 0.907 bits per heavy atom. The second-order valence-electron chi connectivity index (χ2n) is 8.13. The van der Waals surface area contributed by atoms with Crippen molar-refractivity contribution in [3.8, 4) is 0 Å². The van der Waals surface area contributed by atoms with E-state index in [-0.39, 0.29) is 31.7 Å². The summed E-state index contributed by atoms with van der Waals surface area (Å²) < 4.78 is 35.1. The zero-order valence-electron chi connectivity index (χ0n) is 22.1. The molecule has 0 amide bonds. The number of halogens is 3. The van der Waals surface area contributed by atoms with Crippen molar-refractivity contribution in [1.29, 1.82) is 0 Å². The number of aromatic amines is 1. The lowest BCUT2D eigenvalue weighted by molar-refractivity contribution is 0.0516. The van der Waals surface area contributed by atoms with Crippen molar-refractivity contribution < 1.29 is 27.5 Å². The topological polar surface area (TPSA) is 133 Å². The van der Waals surface area contributed by atoms with Gasteiger partial charge in [0.05, 0.1) is 29.2 Å². The van der Waals surface area contributed by atoms with E-state index in [4.69, 9.17) is 20.2 Å². The molecule has 0 aliphatic rings. The quantitative estimate of drug-likeness (QED) is 0.109. The van der Waals surface area contributed by atoms with Gasteiger partial charge in [-0.05, 0) is 83.3 Å². The highest BCUT2D eigenvalue weighted by atomic mass is 127. The number of esters is 2. The van der Waals surface area contributed by atoms with Crippen molar-refractivity contribution in [1.82, 2.24) is 19.5 Å². The van der Waals surface area contributed by atoms with E-state index in [1.165, 1.54) is 18.3 Å². The van der Waals surface area contributed by atoms with Crippen LogP contribution < -0.4 is 0 Å². The van der Waals surface area contributed by atoms with E-state index in [1.807, 2.05) is 30.1 Å². The fraction of sp³-hybridized carbons (Fsp3) is 0.241. The first-order valence-corrected chi connectivity index (χ1v) is 16.5. The lowest BCUT2D eigenvalue weighted by Crippen LogP contribution is -2.05. The molecule has 0 fully saturated rings. The van der Waals surface area contributed by atoms with E-state index in [0.717, 1.165) is 29.2 Å². The highest BCUT2D eigenvalue weighted by molar-refractivity contribution is 14.1. The average Bonchev–Trinajstić information content (AvgIpc) is 3.47. The highest BCUT2D eigenvalue weighted by Crippen LogP contribution is 2.22. The number of fused-ring (bicyclic) bond motifs is 2. The van der Waals surface area contributed by atoms with Crippen molar-refractivity contribution in [3.63, 3.8) is 0 Å². The second-order valence-corrected chi connectivity index (χ2v) is 13.0. The van der Waals surface area contributed by atoms with Gasteiger partial charge < -0.3 is 19.0 Å². The monoisotopic (exact) mass is 854 g/mol. The fourth-order valence-corrected chi connectivity index (χ4v) is 5.59. The summed E-state index contributed by atoms with van der Waals surface area (Å²) in [5.41, 5.74) is 2.64. The molecule has 0 atom stereocenters. The summed E-state index contributed by atoms with van der Waals surface area (Å²) in [5, 5.41) is 1.93. The summed E-state index contributed by atoms with van der Waals surface area (Å²) in [5.74, 6) is -0.652. The van der Waals surface area contributed by atoms with Crippen LogP contribution in [0.15, 0.2) is 72.1 Å². The molecule has 5 aromatic rings. The first-order chi connectivity index (χ1) is 19.5. The summed E-state index contributed by atoms with van der Waals surface area (Å²) in [6.45, 7) is 4.32. The van der Waals surface area contributed by atoms with Gasteiger partial charge >= 0.3 is 11.9 Å². The van der Waals surface area contributed by atoms with Gasteiger partial charge in [-0.1, -0.05) is 33.1 Å². The minimum Gasteiger partial charge on any atom is -0.462 e. The first kappa shape index (κ1) is 38.3. The normalized spacial score (nSPS) is 10.3. The van der Waals surface area contributed by atoms with Crippen LogP contribution in [-0.4, -0.2) is 53.1 Å². The van der Waals surface area contributed by atoms with Crippen LogP contribution in [0.5, 0.6) is 0 Å². The molecular weight excluding hydrogens is 822 g/mol. The molecule has 1 N–H and O–H groups in total. The van der Waals surface area contributed by atoms with E-state index in [1.54, 1.807) is 44.3 Å². The molecule has 43 heavy (non-hydrogen) atoms. The molecule has 232 valence electrons. The molecule has 0 bridgehead atoms. The number of ether oxygens (including phenoxy) is 2. The highest BCUT2D eigenvalue weighted by Gasteiger charge is 2.12. The number of nitrogens with one attached hydrogen (secondary N) is 1. The molecule has 14 heteroatoms. The third-order valence-electron chi connectivity index (χ3n) is 5.29. The molecule has 0 saturated heterocycles. The van der Waals surface area contributed by atoms with Crippen LogP contribution in [0.25, 0.3) is 22.1 Å². The Morgan fingerprint density at radius 2 is 1.44 bits per heavy atom. The third kappa shape index (κ3) is 10.4. The second kappa shape index (κ2) is 17.5. The zero-order chi connectivity index (χ0) is 30.2. The van der Waals surface area contributed by atoms with Crippen LogP contribution in [-0.2, 0) is 25.6 Å². The Hall–Kier alpha value is -2.76. The van der Waals surface area contributed by atoms with Gasteiger partial charge in [-0.2, -0.15) is 0 Å². The predicted molar refractivity (Wildman–Crippen MR) is 187 cm³/mol. The Bertz CT molecular complexity index is 1780. The predicted octanol–water partition coefficient (Wildman–Crippen LogP) is 7.59. The van der Waals surface area contributed by atoms with Crippen LogP contribution in [0.1, 0.15) is 49.4 Å². The number of nitrogens with zero attached hydrogens (tertiary/aromatic N) is 3. The molecule has 10 nitrogen and oxygen atoms in total. The maximum absolute atomic E-state index is 11.5. The Morgan fingerprint density at radius 3 is 1.95 bits per heavy atom. The molecule has 4 heterocycles. The zero-order valence-corrected chi connectivity index (χ0v) is 28.0. The molecule has 0 saturated carbocycles. The lowest BCUT2D eigenvalue weighted by atomic mass is 10.2. The lowest BCUT2D eigenvalue weighted by Gasteiger charge is -2.01. The van der Waals surface area contributed by atoms with Gasteiger partial charge in [0.25, 0.3) is 9.05 Å². The van der Waals surface area contributed by atoms with Crippen LogP contribution in [0.2, 0.25) is 0 Å². The van der Waals surface area contributed by atoms with Gasteiger partial charge in [0.1, 0.15) is 11.3 Å². The van der Waals surface area contributed by atoms with E-state index in [9.17, 15) is 18.0 Å². The Labute approximate surface area is 283 Å². The minimum absolute atomic E-state index is 0. The summed E-state index contributed by atoms with van der Waals surface area (Å²) in [6, 6.07) is 11.5. The number of carbonyl (C=O) groups excluding carboxylic acids is 2. The van der Waals surface area contributed by atoms with Gasteiger partial charge in [0.2, 0.25) is 0 Å². The van der Waals surface area contributed by atoms with Crippen LogP contribution in [0, 0.1) is 7.14 Å². The van der Waals surface area contributed by atoms with Gasteiger partial charge in [-0.3, -0.25) is 0 Å². The number of benzene rings is 1.